The van der Waals surface area contributed by atoms with Gasteiger partial charge in [-0.25, -0.2) is 4.98 Å². The van der Waals surface area contributed by atoms with E-state index in [2.05, 4.69) is 26.7 Å². The molecule has 0 saturated carbocycles. The highest BCUT2D eigenvalue weighted by atomic mass is 35.5. The van der Waals surface area contributed by atoms with Gasteiger partial charge in [-0.1, -0.05) is 6.07 Å². The summed E-state index contributed by atoms with van der Waals surface area (Å²) < 4.78 is 1.04. The topological polar surface area (TPSA) is 63.8 Å². The smallest absolute Gasteiger partial charge is 0.224 e. The third-order valence-corrected chi connectivity index (χ3v) is 5.03. The highest BCUT2D eigenvalue weighted by Gasteiger charge is 2.11. The van der Waals surface area contributed by atoms with E-state index in [0.29, 0.717) is 6.54 Å². The maximum atomic E-state index is 5.99. The monoisotopic (exact) mass is 324 g/mol. The summed E-state index contributed by atoms with van der Waals surface area (Å²) in [4.78, 5) is 11.0. The van der Waals surface area contributed by atoms with Crippen LogP contribution in [0.1, 0.15) is 9.75 Å². The van der Waals surface area contributed by atoms with Gasteiger partial charge in [0.15, 0.2) is 0 Å². The molecule has 4 nitrogen and oxygen atoms in total. The lowest BCUT2D eigenvalue weighted by Crippen LogP contribution is -2.00. The van der Waals surface area contributed by atoms with E-state index >= 15 is 0 Å². The van der Waals surface area contributed by atoms with E-state index < -0.39 is 0 Å². The van der Waals surface area contributed by atoms with Crippen LogP contribution in [0.5, 0.6) is 0 Å². The molecule has 0 amide bonds. The lowest BCUT2D eigenvalue weighted by atomic mass is 10.3. The van der Waals surface area contributed by atoms with Gasteiger partial charge in [0.1, 0.15) is 5.82 Å². The van der Waals surface area contributed by atoms with Crippen LogP contribution in [0.4, 0.5) is 5.82 Å². The zero-order valence-electron chi connectivity index (χ0n) is 10.6. The van der Waals surface area contributed by atoms with E-state index in [4.69, 9.17) is 17.3 Å². The Hall–Kier alpha value is -1.21. The van der Waals surface area contributed by atoms with Crippen molar-refractivity contribution in [2.45, 2.75) is 13.0 Å². The molecule has 0 aliphatic rings. The van der Waals surface area contributed by atoms with Crippen LogP contribution in [0.3, 0.4) is 0 Å². The lowest BCUT2D eigenvalue weighted by Gasteiger charge is -2.05. The second-order valence-electron chi connectivity index (χ2n) is 4.24. The molecule has 3 N–H and O–H groups in total. The molecule has 0 saturated heterocycles. The molecule has 0 fully saturated rings. The Kier molecular flexibility index (Phi) is 4.16. The van der Waals surface area contributed by atoms with Crippen LogP contribution in [-0.4, -0.2) is 16.5 Å². The van der Waals surface area contributed by atoms with E-state index in [1.54, 1.807) is 22.7 Å². The van der Waals surface area contributed by atoms with Gasteiger partial charge in [-0.05, 0) is 42.1 Å². The SMILES string of the molecule is NCCc1cc2nc(Cl)nc(NCc3cccs3)c2s1. The highest BCUT2D eigenvalue weighted by molar-refractivity contribution is 7.19. The molecule has 0 aromatic carbocycles. The van der Waals surface area contributed by atoms with Gasteiger partial charge in [-0.3, -0.25) is 0 Å². The summed E-state index contributed by atoms with van der Waals surface area (Å²) in [7, 11) is 0. The maximum Gasteiger partial charge on any atom is 0.224 e. The van der Waals surface area contributed by atoms with Gasteiger partial charge in [-0.15, -0.1) is 22.7 Å². The minimum atomic E-state index is 0.267. The molecular weight excluding hydrogens is 312 g/mol. The second-order valence-corrected chi connectivity index (χ2v) is 6.75. The van der Waals surface area contributed by atoms with Crippen molar-refractivity contribution < 1.29 is 0 Å². The van der Waals surface area contributed by atoms with Crippen molar-refractivity contribution in [3.63, 3.8) is 0 Å². The van der Waals surface area contributed by atoms with Crippen molar-refractivity contribution in [3.8, 4) is 0 Å². The molecule has 20 heavy (non-hydrogen) atoms. The third kappa shape index (κ3) is 2.93. The number of nitrogens with two attached hydrogens (primary N) is 1. The first-order valence-electron chi connectivity index (χ1n) is 6.18. The molecule has 0 aliphatic heterocycles. The molecule has 0 aliphatic carbocycles. The fraction of sp³-hybridized carbons (Fsp3) is 0.231. The first kappa shape index (κ1) is 13.8. The quantitative estimate of drug-likeness (QED) is 0.705. The summed E-state index contributed by atoms with van der Waals surface area (Å²) in [5.41, 5.74) is 6.49. The average Bonchev–Trinajstić information content (AvgIpc) is 3.05. The van der Waals surface area contributed by atoms with Crippen molar-refractivity contribution in [2.24, 2.45) is 5.73 Å². The predicted molar refractivity (Wildman–Crippen MR) is 86.8 cm³/mol. The summed E-state index contributed by atoms with van der Waals surface area (Å²) in [6.45, 7) is 1.37. The van der Waals surface area contributed by atoms with Crippen LogP contribution >= 0.6 is 34.3 Å². The van der Waals surface area contributed by atoms with Crippen molar-refractivity contribution in [3.05, 3.63) is 38.6 Å². The fourth-order valence-corrected chi connectivity index (χ4v) is 3.82. The number of aromatic nitrogens is 2. The third-order valence-electron chi connectivity index (χ3n) is 2.80. The van der Waals surface area contributed by atoms with Crippen LogP contribution in [0.25, 0.3) is 10.2 Å². The summed E-state index contributed by atoms with van der Waals surface area (Å²) >= 11 is 9.38. The first-order chi connectivity index (χ1) is 9.76. The number of nitrogens with zero attached hydrogens (tertiary/aromatic N) is 2. The van der Waals surface area contributed by atoms with E-state index in [0.717, 1.165) is 29.0 Å². The van der Waals surface area contributed by atoms with E-state index in [9.17, 15) is 0 Å². The molecule has 3 heterocycles. The summed E-state index contributed by atoms with van der Waals surface area (Å²) in [5.74, 6) is 0.793. The minimum absolute atomic E-state index is 0.267. The van der Waals surface area contributed by atoms with Crippen LogP contribution in [0, 0.1) is 0 Å². The summed E-state index contributed by atoms with van der Waals surface area (Å²) in [6, 6.07) is 6.16. The van der Waals surface area contributed by atoms with Gasteiger partial charge < -0.3 is 11.1 Å². The Bertz CT molecular complexity index is 709. The summed E-state index contributed by atoms with van der Waals surface area (Å²) in [6.07, 6.45) is 0.850. The Morgan fingerprint density at radius 2 is 2.20 bits per heavy atom. The molecule has 0 spiro atoms. The Balaban J connectivity index is 1.91. The maximum absolute atomic E-state index is 5.99. The lowest BCUT2D eigenvalue weighted by molar-refractivity contribution is 0.989. The number of hydrogen-bond acceptors (Lipinski definition) is 6. The second kappa shape index (κ2) is 6.05. The molecule has 7 heteroatoms. The summed E-state index contributed by atoms with van der Waals surface area (Å²) in [5, 5.41) is 5.67. The molecule has 0 unspecified atom stereocenters. The van der Waals surface area contributed by atoms with Gasteiger partial charge in [0.2, 0.25) is 5.28 Å². The van der Waals surface area contributed by atoms with Crippen LogP contribution in [-0.2, 0) is 13.0 Å². The molecule has 3 aromatic rings. The van der Waals surface area contributed by atoms with Crippen LogP contribution in [0.15, 0.2) is 23.6 Å². The van der Waals surface area contributed by atoms with E-state index in [1.807, 2.05) is 12.1 Å². The zero-order chi connectivity index (χ0) is 13.9. The van der Waals surface area contributed by atoms with Gasteiger partial charge in [0, 0.05) is 9.75 Å². The van der Waals surface area contributed by atoms with Gasteiger partial charge >= 0.3 is 0 Å². The zero-order valence-corrected chi connectivity index (χ0v) is 13.0. The number of fused-ring (bicyclic) bond motifs is 1. The Morgan fingerprint density at radius 1 is 1.30 bits per heavy atom. The molecule has 0 bridgehead atoms. The van der Waals surface area contributed by atoms with Crippen LogP contribution in [0.2, 0.25) is 5.28 Å². The van der Waals surface area contributed by atoms with Crippen molar-refractivity contribution in [1.29, 1.82) is 0 Å². The van der Waals surface area contributed by atoms with Crippen molar-refractivity contribution in [2.75, 3.05) is 11.9 Å². The number of rotatable bonds is 5. The number of halogens is 1. The molecule has 3 aromatic heterocycles. The Labute approximate surface area is 129 Å². The van der Waals surface area contributed by atoms with Crippen LogP contribution < -0.4 is 11.1 Å². The van der Waals surface area contributed by atoms with Crippen molar-refractivity contribution >= 4 is 50.3 Å². The van der Waals surface area contributed by atoms with Gasteiger partial charge in [0.25, 0.3) is 0 Å². The normalized spacial score (nSPS) is 11.1. The molecule has 0 atom stereocenters. The van der Waals surface area contributed by atoms with Gasteiger partial charge in [-0.2, -0.15) is 4.98 Å². The van der Waals surface area contributed by atoms with E-state index in [-0.39, 0.29) is 5.28 Å². The standard InChI is InChI=1S/C13H13ClN4S2/c14-13-17-10-6-8(3-4-15)20-11(10)12(18-13)16-7-9-2-1-5-19-9/h1-2,5-6H,3-4,7,15H2,(H,16,17,18). The number of hydrogen-bond donors (Lipinski definition) is 2. The number of nitrogens with one attached hydrogen (secondary N) is 1. The van der Waals surface area contributed by atoms with Gasteiger partial charge in [0.05, 0.1) is 16.8 Å². The molecular formula is C13H13ClN4S2. The van der Waals surface area contributed by atoms with Crippen molar-refractivity contribution in [1.82, 2.24) is 9.97 Å². The predicted octanol–water partition coefficient (Wildman–Crippen LogP) is 3.52. The Morgan fingerprint density at radius 3 is 2.95 bits per heavy atom. The fourth-order valence-electron chi connectivity index (χ4n) is 1.92. The molecule has 3 rings (SSSR count). The van der Waals surface area contributed by atoms with E-state index in [1.165, 1.54) is 9.75 Å². The largest absolute Gasteiger partial charge is 0.364 e. The molecule has 104 valence electrons. The average molecular weight is 325 g/mol. The number of thiophene rings is 2. The minimum Gasteiger partial charge on any atom is -0.364 e. The molecule has 0 radical (unpaired) electrons. The number of anilines is 1. The highest BCUT2D eigenvalue weighted by Crippen LogP contribution is 2.31. The first-order valence-corrected chi connectivity index (χ1v) is 8.26.